The molecule has 1 aliphatic rings. The van der Waals surface area contributed by atoms with Gasteiger partial charge in [0.05, 0.1) is 5.69 Å². The predicted molar refractivity (Wildman–Crippen MR) is 93.5 cm³/mol. The molecule has 2 aromatic carbocycles. The smallest absolute Gasteiger partial charge is 0.251 e. The molecule has 2 aromatic rings. The van der Waals surface area contributed by atoms with Gasteiger partial charge in [-0.2, -0.15) is 0 Å². The highest BCUT2D eigenvalue weighted by atomic mass is 79.9. The van der Waals surface area contributed by atoms with Gasteiger partial charge in [0, 0.05) is 12.5 Å². The summed E-state index contributed by atoms with van der Waals surface area (Å²) < 4.78 is 39.3. The van der Waals surface area contributed by atoms with E-state index >= 15 is 0 Å². The van der Waals surface area contributed by atoms with E-state index in [-0.39, 0.29) is 12.2 Å². The maximum atomic E-state index is 13.9. The minimum Gasteiger partial charge on any atom is -0.354 e. The number of hydrogen-bond donors (Lipinski definition) is 2. The Labute approximate surface area is 155 Å². The van der Waals surface area contributed by atoms with Crippen LogP contribution in [0.15, 0.2) is 36.4 Å². The second-order valence-electron chi connectivity index (χ2n) is 6.04. The normalized spacial score (nSPS) is 22.2. The number of hydrogen-bond acceptors (Lipinski definition) is 2. The highest BCUT2D eigenvalue weighted by Crippen LogP contribution is 2.41. The van der Waals surface area contributed by atoms with Gasteiger partial charge < -0.3 is 10.6 Å². The number of anilines is 1. The van der Waals surface area contributed by atoms with Crippen LogP contribution in [0.5, 0.6) is 0 Å². The predicted octanol–water partition coefficient (Wildman–Crippen LogP) is 3.40. The van der Waals surface area contributed by atoms with Gasteiger partial charge in [-0.3, -0.25) is 9.59 Å². The number of nitrogens with one attached hydrogen (secondary N) is 2. The van der Waals surface area contributed by atoms with Crippen LogP contribution in [0.1, 0.15) is 17.0 Å². The minimum absolute atomic E-state index is 0.0889. The third-order valence-electron chi connectivity index (χ3n) is 4.41. The molecule has 0 spiro atoms. The molecular formula is C18H14BrF3N2O2. The fourth-order valence-electron chi connectivity index (χ4n) is 2.87. The van der Waals surface area contributed by atoms with Crippen molar-refractivity contribution in [2.75, 3.05) is 11.9 Å². The maximum Gasteiger partial charge on any atom is 0.251 e. The van der Waals surface area contributed by atoms with Gasteiger partial charge in [-0.05, 0) is 36.2 Å². The number of aryl methyl sites for hydroxylation is 1. The molecule has 3 rings (SSSR count). The van der Waals surface area contributed by atoms with Crippen LogP contribution in [0.2, 0.25) is 0 Å². The SMILES string of the molecule is Cc1ccc([C@H]2CNC(=O)[C@]2(Br)C(=O)Nc2cccc(F)c2F)cc1F. The van der Waals surface area contributed by atoms with E-state index in [1.54, 1.807) is 19.1 Å². The third kappa shape index (κ3) is 2.98. The Kier molecular flexibility index (Phi) is 4.79. The Morgan fingerprint density at radius 1 is 1.23 bits per heavy atom. The number of benzene rings is 2. The zero-order valence-corrected chi connectivity index (χ0v) is 15.2. The summed E-state index contributed by atoms with van der Waals surface area (Å²) in [6.45, 7) is 1.68. The number of carbonyl (C=O) groups excluding carboxylic acids is 2. The summed E-state index contributed by atoms with van der Waals surface area (Å²) in [6, 6.07) is 7.75. The van der Waals surface area contributed by atoms with Crippen LogP contribution in [0.3, 0.4) is 0 Å². The molecule has 136 valence electrons. The summed E-state index contributed by atoms with van der Waals surface area (Å²) in [5, 5.41) is 4.78. The van der Waals surface area contributed by atoms with Crippen molar-refractivity contribution in [2.24, 2.45) is 0 Å². The summed E-state index contributed by atoms with van der Waals surface area (Å²) in [5.41, 5.74) is 0.470. The molecule has 8 heteroatoms. The zero-order valence-electron chi connectivity index (χ0n) is 13.6. The Hall–Kier alpha value is -2.35. The van der Waals surface area contributed by atoms with Gasteiger partial charge in [0.2, 0.25) is 5.91 Å². The van der Waals surface area contributed by atoms with E-state index in [9.17, 15) is 22.8 Å². The fraction of sp³-hybridized carbons (Fsp3) is 0.222. The molecule has 2 atom stereocenters. The van der Waals surface area contributed by atoms with Crippen LogP contribution in [0.25, 0.3) is 0 Å². The second-order valence-corrected chi connectivity index (χ2v) is 7.29. The average Bonchev–Trinajstić information content (AvgIpc) is 2.91. The first kappa shape index (κ1) is 18.4. The number of amides is 2. The molecule has 0 bridgehead atoms. The summed E-state index contributed by atoms with van der Waals surface area (Å²) in [4.78, 5) is 25.1. The lowest BCUT2D eigenvalue weighted by Gasteiger charge is -2.26. The van der Waals surface area contributed by atoms with E-state index in [1.807, 2.05) is 0 Å². The molecule has 0 aliphatic carbocycles. The van der Waals surface area contributed by atoms with Gasteiger partial charge in [0.25, 0.3) is 5.91 Å². The van der Waals surface area contributed by atoms with Crippen molar-refractivity contribution in [3.8, 4) is 0 Å². The molecule has 2 amide bonds. The van der Waals surface area contributed by atoms with Crippen LogP contribution in [0.4, 0.5) is 18.9 Å². The van der Waals surface area contributed by atoms with Gasteiger partial charge in [-0.25, -0.2) is 13.2 Å². The molecule has 26 heavy (non-hydrogen) atoms. The van der Waals surface area contributed by atoms with Crippen molar-refractivity contribution < 1.29 is 22.8 Å². The Morgan fingerprint density at radius 3 is 2.65 bits per heavy atom. The molecule has 4 nitrogen and oxygen atoms in total. The van der Waals surface area contributed by atoms with Gasteiger partial charge in [0.1, 0.15) is 5.82 Å². The topological polar surface area (TPSA) is 58.2 Å². The van der Waals surface area contributed by atoms with E-state index in [1.165, 1.54) is 18.2 Å². The first-order chi connectivity index (χ1) is 12.2. The lowest BCUT2D eigenvalue weighted by Crippen LogP contribution is -2.47. The molecule has 1 fully saturated rings. The van der Waals surface area contributed by atoms with E-state index in [0.717, 1.165) is 6.07 Å². The molecule has 1 heterocycles. The Bertz CT molecular complexity index is 906. The van der Waals surface area contributed by atoms with E-state index in [4.69, 9.17) is 0 Å². The molecule has 0 aromatic heterocycles. The Morgan fingerprint density at radius 2 is 1.96 bits per heavy atom. The van der Waals surface area contributed by atoms with Gasteiger partial charge in [-0.15, -0.1) is 0 Å². The van der Waals surface area contributed by atoms with Gasteiger partial charge >= 0.3 is 0 Å². The largest absolute Gasteiger partial charge is 0.354 e. The first-order valence-electron chi connectivity index (χ1n) is 7.74. The van der Waals surface area contributed by atoms with Crippen molar-refractivity contribution in [2.45, 2.75) is 17.2 Å². The van der Waals surface area contributed by atoms with Crippen molar-refractivity contribution in [1.82, 2.24) is 5.32 Å². The number of halogens is 4. The highest BCUT2D eigenvalue weighted by Gasteiger charge is 2.55. The number of carbonyl (C=O) groups is 2. The van der Waals surface area contributed by atoms with Crippen LogP contribution < -0.4 is 10.6 Å². The number of alkyl halides is 1. The minimum atomic E-state index is -1.78. The summed E-state index contributed by atoms with van der Waals surface area (Å²) >= 11 is 3.16. The van der Waals surface area contributed by atoms with Crippen molar-refractivity contribution >= 4 is 33.4 Å². The van der Waals surface area contributed by atoms with E-state index in [0.29, 0.717) is 11.1 Å². The quantitative estimate of drug-likeness (QED) is 0.583. The lowest BCUT2D eigenvalue weighted by molar-refractivity contribution is -0.128. The van der Waals surface area contributed by atoms with Crippen LogP contribution in [-0.4, -0.2) is 22.7 Å². The highest BCUT2D eigenvalue weighted by molar-refractivity contribution is 9.10. The fourth-order valence-corrected chi connectivity index (χ4v) is 3.54. The molecule has 0 unspecified atom stereocenters. The van der Waals surface area contributed by atoms with Crippen LogP contribution in [0, 0.1) is 24.4 Å². The Balaban J connectivity index is 1.96. The van der Waals surface area contributed by atoms with Crippen LogP contribution >= 0.6 is 15.9 Å². The molecular weight excluding hydrogens is 413 g/mol. The summed E-state index contributed by atoms with van der Waals surface area (Å²) in [5.74, 6) is -5.07. The van der Waals surface area contributed by atoms with E-state index < -0.39 is 39.5 Å². The summed E-state index contributed by atoms with van der Waals surface area (Å²) in [6.07, 6.45) is 0. The monoisotopic (exact) mass is 426 g/mol. The maximum absolute atomic E-state index is 13.9. The first-order valence-corrected chi connectivity index (χ1v) is 8.53. The lowest BCUT2D eigenvalue weighted by atomic mass is 9.87. The molecule has 1 saturated heterocycles. The molecule has 0 saturated carbocycles. The third-order valence-corrected chi connectivity index (χ3v) is 5.68. The average molecular weight is 427 g/mol. The molecule has 0 radical (unpaired) electrons. The van der Waals surface area contributed by atoms with Crippen molar-refractivity contribution in [3.63, 3.8) is 0 Å². The zero-order chi connectivity index (χ0) is 19.1. The van der Waals surface area contributed by atoms with Crippen LogP contribution in [-0.2, 0) is 9.59 Å². The molecule has 1 aliphatic heterocycles. The number of rotatable bonds is 3. The standard InChI is InChI=1S/C18H14BrF3N2O2/c1-9-5-6-10(7-13(9)21)11-8-23-16(25)18(11,19)17(26)24-14-4-2-3-12(20)15(14)22/h2-7,11H,8H2,1H3,(H,23,25)(H,24,26)/t11-,18+/m1/s1. The van der Waals surface area contributed by atoms with E-state index in [2.05, 4.69) is 26.6 Å². The van der Waals surface area contributed by atoms with Crippen molar-refractivity contribution in [1.29, 1.82) is 0 Å². The summed E-state index contributed by atoms with van der Waals surface area (Å²) in [7, 11) is 0. The molecule has 2 N–H and O–H groups in total. The van der Waals surface area contributed by atoms with Crippen molar-refractivity contribution in [3.05, 3.63) is 65.0 Å². The van der Waals surface area contributed by atoms with Gasteiger partial charge in [0.15, 0.2) is 16.0 Å². The second kappa shape index (κ2) is 6.75. The van der Waals surface area contributed by atoms with Gasteiger partial charge in [-0.1, -0.05) is 34.1 Å².